The van der Waals surface area contributed by atoms with Crippen molar-refractivity contribution in [3.63, 3.8) is 0 Å². The van der Waals surface area contributed by atoms with Crippen molar-refractivity contribution < 1.29 is 14.1 Å². The highest BCUT2D eigenvalue weighted by molar-refractivity contribution is 6.03. The van der Waals surface area contributed by atoms with Gasteiger partial charge in [-0.05, 0) is 44.0 Å². The maximum absolute atomic E-state index is 12.4. The van der Waals surface area contributed by atoms with Crippen LogP contribution in [0, 0.1) is 26.7 Å². The fourth-order valence-electron chi connectivity index (χ4n) is 2.65. The van der Waals surface area contributed by atoms with Gasteiger partial charge in [-0.15, -0.1) is 0 Å². The molecule has 0 bridgehead atoms. The van der Waals surface area contributed by atoms with Crippen molar-refractivity contribution in [1.82, 2.24) is 5.16 Å². The molecule has 0 saturated carbocycles. The Balaban J connectivity index is 1.69. The SMILES string of the molecule is Cc1cc(N2CC(C(=O)Nc3ccc(C)c(C)c3)CC2=O)no1. The van der Waals surface area contributed by atoms with E-state index in [1.807, 2.05) is 32.0 Å². The average Bonchev–Trinajstić information content (AvgIpc) is 3.09. The lowest BCUT2D eigenvalue weighted by Gasteiger charge is -2.13. The number of hydrogen-bond donors (Lipinski definition) is 1. The Bertz CT molecular complexity index is 766. The zero-order chi connectivity index (χ0) is 16.6. The molecular formula is C17H19N3O3. The van der Waals surface area contributed by atoms with Crippen molar-refractivity contribution in [3.05, 3.63) is 41.2 Å². The zero-order valence-corrected chi connectivity index (χ0v) is 13.4. The van der Waals surface area contributed by atoms with E-state index >= 15 is 0 Å². The van der Waals surface area contributed by atoms with Crippen LogP contribution in [0.3, 0.4) is 0 Å². The van der Waals surface area contributed by atoms with Crippen molar-refractivity contribution in [1.29, 1.82) is 0 Å². The summed E-state index contributed by atoms with van der Waals surface area (Å²) in [5.74, 6) is 0.453. The van der Waals surface area contributed by atoms with Crippen LogP contribution in [0.5, 0.6) is 0 Å². The number of aromatic nitrogens is 1. The summed E-state index contributed by atoms with van der Waals surface area (Å²) in [7, 11) is 0. The van der Waals surface area contributed by atoms with Crippen molar-refractivity contribution in [3.8, 4) is 0 Å². The highest BCUT2D eigenvalue weighted by atomic mass is 16.5. The lowest BCUT2D eigenvalue weighted by Crippen LogP contribution is -2.28. The number of carbonyl (C=O) groups is 2. The summed E-state index contributed by atoms with van der Waals surface area (Å²) in [6, 6.07) is 7.47. The van der Waals surface area contributed by atoms with Gasteiger partial charge < -0.3 is 9.84 Å². The minimum absolute atomic E-state index is 0.112. The minimum Gasteiger partial charge on any atom is -0.360 e. The molecule has 1 saturated heterocycles. The van der Waals surface area contributed by atoms with E-state index in [9.17, 15) is 9.59 Å². The van der Waals surface area contributed by atoms with E-state index in [0.29, 0.717) is 18.1 Å². The summed E-state index contributed by atoms with van der Waals surface area (Å²) in [5.41, 5.74) is 3.04. The second kappa shape index (κ2) is 5.87. The van der Waals surface area contributed by atoms with E-state index in [4.69, 9.17) is 4.52 Å². The summed E-state index contributed by atoms with van der Waals surface area (Å²) >= 11 is 0. The Hall–Kier alpha value is -2.63. The molecule has 2 heterocycles. The van der Waals surface area contributed by atoms with Gasteiger partial charge in [-0.2, -0.15) is 0 Å². The van der Waals surface area contributed by atoms with E-state index in [0.717, 1.165) is 11.3 Å². The van der Waals surface area contributed by atoms with E-state index in [2.05, 4.69) is 10.5 Å². The molecule has 6 heteroatoms. The molecule has 1 aromatic heterocycles. The third-order valence-corrected chi connectivity index (χ3v) is 4.16. The quantitative estimate of drug-likeness (QED) is 0.945. The standard InChI is InChI=1S/C17H19N3O3/c1-10-4-5-14(6-11(10)2)18-17(22)13-8-16(21)20(9-13)15-7-12(3)23-19-15/h4-7,13H,8-9H2,1-3H3,(H,18,22). The highest BCUT2D eigenvalue weighted by Gasteiger charge is 2.36. The summed E-state index contributed by atoms with van der Waals surface area (Å²) in [6.07, 6.45) is 0.183. The van der Waals surface area contributed by atoms with Crippen molar-refractivity contribution in [2.45, 2.75) is 27.2 Å². The Labute approximate surface area is 134 Å². The molecule has 23 heavy (non-hydrogen) atoms. The minimum atomic E-state index is -0.388. The molecule has 0 radical (unpaired) electrons. The molecule has 120 valence electrons. The van der Waals surface area contributed by atoms with Gasteiger partial charge in [0.25, 0.3) is 0 Å². The van der Waals surface area contributed by atoms with E-state index in [1.54, 1.807) is 13.0 Å². The number of anilines is 2. The monoisotopic (exact) mass is 313 g/mol. The van der Waals surface area contributed by atoms with Gasteiger partial charge >= 0.3 is 0 Å². The first kappa shape index (κ1) is 15.3. The van der Waals surface area contributed by atoms with Crippen LogP contribution in [-0.2, 0) is 9.59 Å². The van der Waals surface area contributed by atoms with Crippen LogP contribution in [0.15, 0.2) is 28.8 Å². The molecule has 1 atom stereocenters. The normalized spacial score (nSPS) is 17.6. The smallest absolute Gasteiger partial charge is 0.229 e. The van der Waals surface area contributed by atoms with Crippen LogP contribution in [-0.4, -0.2) is 23.5 Å². The first-order valence-corrected chi connectivity index (χ1v) is 7.56. The molecule has 0 aliphatic carbocycles. The topological polar surface area (TPSA) is 75.4 Å². The molecule has 2 aromatic rings. The molecule has 1 fully saturated rings. The number of carbonyl (C=O) groups excluding carboxylic acids is 2. The molecule has 6 nitrogen and oxygen atoms in total. The van der Waals surface area contributed by atoms with Gasteiger partial charge in [0.1, 0.15) is 5.76 Å². The average molecular weight is 313 g/mol. The second-order valence-electron chi connectivity index (χ2n) is 5.99. The van der Waals surface area contributed by atoms with E-state index in [1.165, 1.54) is 10.5 Å². The van der Waals surface area contributed by atoms with Gasteiger partial charge in [-0.3, -0.25) is 14.5 Å². The molecular weight excluding hydrogens is 294 g/mol. The number of amides is 2. The second-order valence-corrected chi connectivity index (χ2v) is 5.99. The van der Waals surface area contributed by atoms with Crippen LogP contribution < -0.4 is 10.2 Å². The third kappa shape index (κ3) is 3.11. The lowest BCUT2D eigenvalue weighted by molar-refractivity contribution is -0.122. The van der Waals surface area contributed by atoms with Gasteiger partial charge in [-0.1, -0.05) is 11.2 Å². The number of rotatable bonds is 3. The van der Waals surface area contributed by atoms with E-state index in [-0.39, 0.29) is 24.2 Å². The van der Waals surface area contributed by atoms with Crippen LogP contribution in [0.1, 0.15) is 23.3 Å². The van der Waals surface area contributed by atoms with Crippen molar-refractivity contribution >= 4 is 23.3 Å². The Morgan fingerprint density at radius 2 is 2.04 bits per heavy atom. The number of benzene rings is 1. The zero-order valence-electron chi connectivity index (χ0n) is 13.4. The molecule has 1 aliphatic rings. The molecule has 0 spiro atoms. The Kier molecular flexibility index (Phi) is 3.90. The van der Waals surface area contributed by atoms with Gasteiger partial charge in [0, 0.05) is 24.7 Å². The summed E-state index contributed by atoms with van der Waals surface area (Å²) in [5, 5.41) is 6.73. The molecule has 3 rings (SSSR count). The third-order valence-electron chi connectivity index (χ3n) is 4.16. The van der Waals surface area contributed by atoms with Crippen LogP contribution >= 0.6 is 0 Å². The number of hydrogen-bond acceptors (Lipinski definition) is 4. The lowest BCUT2D eigenvalue weighted by atomic mass is 10.1. The Morgan fingerprint density at radius 3 is 2.70 bits per heavy atom. The number of aryl methyl sites for hydroxylation is 3. The van der Waals surface area contributed by atoms with Gasteiger partial charge in [0.15, 0.2) is 5.82 Å². The summed E-state index contributed by atoms with van der Waals surface area (Å²) in [4.78, 5) is 26.0. The first-order valence-electron chi connectivity index (χ1n) is 7.56. The molecule has 1 N–H and O–H groups in total. The Morgan fingerprint density at radius 1 is 1.26 bits per heavy atom. The molecule has 1 aliphatic heterocycles. The predicted octanol–water partition coefficient (Wildman–Crippen LogP) is 2.59. The molecule has 1 aromatic carbocycles. The number of nitrogens with one attached hydrogen (secondary N) is 1. The fourth-order valence-corrected chi connectivity index (χ4v) is 2.65. The maximum atomic E-state index is 12.4. The fraction of sp³-hybridized carbons (Fsp3) is 0.353. The largest absolute Gasteiger partial charge is 0.360 e. The van der Waals surface area contributed by atoms with Crippen molar-refractivity contribution in [2.24, 2.45) is 5.92 Å². The van der Waals surface area contributed by atoms with Gasteiger partial charge in [-0.25, -0.2) is 0 Å². The molecule has 1 unspecified atom stereocenters. The van der Waals surface area contributed by atoms with Crippen LogP contribution in [0.25, 0.3) is 0 Å². The molecule has 2 amide bonds. The van der Waals surface area contributed by atoms with Gasteiger partial charge in [0.05, 0.1) is 5.92 Å². The van der Waals surface area contributed by atoms with Crippen LogP contribution in [0.2, 0.25) is 0 Å². The highest BCUT2D eigenvalue weighted by Crippen LogP contribution is 2.26. The predicted molar refractivity (Wildman–Crippen MR) is 86.2 cm³/mol. The van der Waals surface area contributed by atoms with Crippen molar-refractivity contribution in [2.75, 3.05) is 16.8 Å². The summed E-state index contributed by atoms with van der Waals surface area (Å²) in [6.45, 7) is 6.11. The first-order chi connectivity index (χ1) is 10.9. The summed E-state index contributed by atoms with van der Waals surface area (Å²) < 4.78 is 5.00. The maximum Gasteiger partial charge on any atom is 0.229 e. The van der Waals surface area contributed by atoms with Crippen LogP contribution in [0.4, 0.5) is 11.5 Å². The van der Waals surface area contributed by atoms with Gasteiger partial charge in [0.2, 0.25) is 11.8 Å². The number of nitrogens with zero attached hydrogens (tertiary/aromatic N) is 2. The van der Waals surface area contributed by atoms with E-state index < -0.39 is 0 Å².